The van der Waals surface area contributed by atoms with E-state index in [-0.39, 0.29) is 22.3 Å². The molecule has 0 bridgehead atoms. The molecule has 134 valence electrons. The fraction of sp³-hybridized carbons (Fsp3) is 0.294. The van der Waals surface area contributed by atoms with Gasteiger partial charge in [-0.25, -0.2) is 4.98 Å². The predicted molar refractivity (Wildman–Crippen MR) is 91.2 cm³/mol. The van der Waals surface area contributed by atoms with E-state index in [0.717, 1.165) is 6.07 Å². The van der Waals surface area contributed by atoms with Gasteiger partial charge in [0.05, 0.1) is 22.5 Å². The zero-order chi connectivity index (χ0) is 18.8. The largest absolute Gasteiger partial charge is 0.417 e. The molecule has 2 aromatic rings. The Morgan fingerprint density at radius 2 is 1.72 bits per heavy atom. The van der Waals surface area contributed by atoms with Crippen molar-refractivity contribution in [2.24, 2.45) is 0 Å². The summed E-state index contributed by atoms with van der Waals surface area (Å²) in [5, 5.41) is 5.21. The minimum absolute atomic E-state index is 0.213. The van der Waals surface area contributed by atoms with Crippen LogP contribution in [0.2, 0.25) is 5.02 Å². The molecule has 0 aliphatic rings. The Hall–Kier alpha value is -2.28. The van der Waals surface area contributed by atoms with Crippen LogP contribution in [0.1, 0.15) is 36.8 Å². The van der Waals surface area contributed by atoms with E-state index in [1.54, 1.807) is 6.07 Å². The monoisotopic (exact) mass is 371 g/mol. The third kappa shape index (κ3) is 5.35. The molecular formula is C17H17ClF3N3O. The third-order valence-electron chi connectivity index (χ3n) is 3.05. The van der Waals surface area contributed by atoms with E-state index in [1.807, 2.05) is 20.8 Å². The van der Waals surface area contributed by atoms with Crippen molar-refractivity contribution < 1.29 is 18.0 Å². The van der Waals surface area contributed by atoms with E-state index >= 15 is 0 Å². The second-order valence-electron chi connectivity index (χ2n) is 6.45. The van der Waals surface area contributed by atoms with Gasteiger partial charge in [-0.05, 0) is 51.1 Å². The first-order valence-electron chi connectivity index (χ1n) is 7.38. The first-order valence-corrected chi connectivity index (χ1v) is 7.76. The molecule has 1 heterocycles. The van der Waals surface area contributed by atoms with Gasteiger partial charge in [-0.1, -0.05) is 11.6 Å². The lowest BCUT2D eigenvalue weighted by Gasteiger charge is -2.20. The molecule has 0 aliphatic heterocycles. The van der Waals surface area contributed by atoms with Gasteiger partial charge in [0, 0.05) is 11.2 Å². The molecule has 0 fully saturated rings. The summed E-state index contributed by atoms with van der Waals surface area (Å²) in [5.74, 6) is -0.329. The van der Waals surface area contributed by atoms with Crippen LogP contribution in [-0.2, 0) is 6.18 Å². The minimum atomic E-state index is -4.54. The summed E-state index contributed by atoms with van der Waals surface area (Å²) in [5.41, 5.74) is -0.443. The number of carbonyl (C=O) groups is 1. The van der Waals surface area contributed by atoms with Crippen molar-refractivity contribution in [3.05, 3.63) is 52.8 Å². The average Bonchev–Trinajstić information content (AvgIpc) is 2.47. The van der Waals surface area contributed by atoms with Crippen LogP contribution in [0.3, 0.4) is 0 Å². The number of halogens is 4. The number of nitrogens with one attached hydrogen (secondary N) is 2. The highest BCUT2D eigenvalue weighted by Gasteiger charge is 2.33. The number of anilines is 2. The molecule has 0 spiro atoms. The standard InChI is InChI=1S/C17H17ClF3N3O/c1-16(2,3)24-15(25)14-7-5-11(9-22-14)23-10-4-6-13(18)12(8-10)17(19,20)21/h4-9,23H,1-3H3,(H,24,25). The van der Waals surface area contributed by atoms with Gasteiger partial charge in [-0.3, -0.25) is 4.79 Å². The molecule has 2 rings (SSSR count). The summed E-state index contributed by atoms with van der Waals surface area (Å²) in [4.78, 5) is 16.0. The molecule has 4 nitrogen and oxygen atoms in total. The lowest BCUT2D eigenvalue weighted by molar-refractivity contribution is -0.137. The molecule has 25 heavy (non-hydrogen) atoms. The molecule has 0 aliphatic carbocycles. The highest BCUT2D eigenvalue weighted by molar-refractivity contribution is 6.31. The van der Waals surface area contributed by atoms with Gasteiger partial charge in [0.2, 0.25) is 0 Å². The van der Waals surface area contributed by atoms with Gasteiger partial charge in [-0.15, -0.1) is 0 Å². The van der Waals surface area contributed by atoms with Crippen molar-refractivity contribution in [1.82, 2.24) is 10.3 Å². The lowest BCUT2D eigenvalue weighted by atomic mass is 10.1. The number of nitrogens with zero attached hydrogens (tertiary/aromatic N) is 1. The molecule has 0 radical (unpaired) electrons. The number of hydrogen-bond acceptors (Lipinski definition) is 3. The highest BCUT2D eigenvalue weighted by atomic mass is 35.5. The number of amides is 1. The number of benzene rings is 1. The molecule has 1 aromatic heterocycles. The van der Waals surface area contributed by atoms with Crippen molar-refractivity contribution in [3.63, 3.8) is 0 Å². The van der Waals surface area contributed by atoms with Crippen LogP contribution in [0.25, 0.3) is 0 Å². The first kappa shape index (κ1) is 19.1. The summed E-state index contributed by atoms with van der Waals surface area (Å²) in [6, 6.07) is 6.57. The van der Waals surface area contributed by atoms with Crippen LogP contribution in [0, 0.1) is 0 Å². The van der Waals surface area contributed by atoms with E-state index < -0.39 is 17.3 Å². The fourth-order valence-electron chi connectivity index (χ4n) is 1.99. The summed E-state index contributed by atoms with van der Waals surface area (Å²) in [6.07, 6.45) is -3.17. The van der Waals surface area contributed by atoms with Crippen LogP contribution in [0.15, 0.2) is 36.5 Å². The van der Waals surface area contributed by atoms with E-state index in [4.69, 9.17) is 11.6 Å². The molecular weight excluding hydrogens is 355 g/mol. The number of pyridine rings is 1. The lowest BCUT2D eigenvalue weighted by Crippen LogP contribution is -2.40. The fourth-order valence-corrected chi connectivity index (χ4v) is 2.22. The second-order valence-corrected chi connectivity index (χ2v) is 6.86. The predicted octanol–water partition coefficient (Wildman–Crippen LogP) is 5.03. The van der Waals surface area contributed by atoms with E-state index in [0.29, 0.717) is 5.69 Å². The summed E-state index contributed by atoms with van der Waals surface area (Å²) in [7, 11) is 0. The second kappa shape index (κ2) is 6.92. The van der Waals surface area contributed by atoms with Gasteiger partial charge >= 0.3 is 6.18 Å². The SMILES string of the molecule is CC(C)(C)NC(=O)c1ccc(Nc2ccc(Cl)c(C(F)(F)F)c2)cn1. The summed E-state index contributed by atoms with van der Waals surface area (Å²) < 4.78 is 38.6. The molecule has 1 aromatic carbocycles. The average molecular weight is 372 g/mol. The molecule has 2 N–H and O–H groups in total. The summed E-state index contributed by atoms with van der Waals surface area (Å²) >= 11 is 5.59. The highest BCUT2D eigenvalue weighted by Crippen LogP contribution is 2.36. The molecule has 0 saturated heterocycles. The third-order valence-corrected chi connectivity index (χ3v) is 3.37. The van der Waals surface area contributed by atoms with Crippen LogP contribution in [0.5, 0.6) is 0 Å². The quantitative estimate of drug-likeness (QED) is 0.796. The van der Waals surface area contributed by atoms with Crippen LogP contribution >= 0.6 is 11.6 Å². The Morgan fingerprint density at radius 3 is 2.24 bits per heavy atom. The number of rotatable bonds is 3. The van der Waals surface area contributed by atoms with Crippen molar-refractivity contribution in [1.29, 1.82) is 0 Å². The number of carbonyl (C=O) groups excluding carboxylic acids is 1. The van der Waals surface area contributed by atoms with Crippen molar-refractivity contribution in [2.45, 2.75) is 32.5 Å². The van der Waals surface area contributed by atoms with E-state index in [9.17, 15) is 18.0 Å². The van der Waals surface area contributed by atoms with Crippen LogP contribution < -0.4 is 10.6 Å². The maximum atomic E-state index is 12.9. The zero-order valence-electron chi connectivity index (χ0n) is 13.8. The van der Waals surface area contributed by atoms with Crippen molar-refractivity contribution in [2.75, 3.05) is 5.32 Å². The Balaban J connectivity index is 2.16. The first-order chi connectivity index (χ1) is 11.5. The van der Waals surface area contributed by atoms with Gasteiger partial charge in [0.1, 0.15) is 5.69 Å². The molecule has 0 unspecified atom stereocenters. The summed E-state index contributed by atoms with van der Waals surface area (Å²) in [6.45, 7) is 5.54. The number of aromatic nitrogens is 1. The Morgan fingerprint density at radius 1 is 1.08 bits per heavy atom. The molecule has 0 atom stereocenters. The van der Waals surface area contributed by atoms with Crippen LogP contribution in [0.4, 0.5) is 24.5 Å². The normalized spacial score (nSPS) is 12.0. The Bertz CT molecular complexity index is 768. The Labute approximate surface area is 148 Å². The maximum absolute atomic E-state index is 12.9. The van der Waals surface area contributed by atoms with Gasteiger partial charge < -0.3 is 10.6 Å². The zero-order valence-corrected chi connectivity index (χ0v) is 14.6. The Kier molecular flexibility index (Phi) is 5.27. The molecule has 1 amide bonds. The van der Waals surface area contributed by atoms with Crippen molar-refractivity contribution >= 4 is 28.9 Å². The number of alkyl halides is 3. The van der Waals surface area contributed by atoms with E-state index in [2.05, 4.69) is 15.6 Å². The van der Waals surface area contributed by atoms with E-state index in [1.165, 1.54) is 24.4 Å². The van der Waals surface area contributed by atoms with Gasteiger partial charge in [-0.2, -0.15) is 13.2 Å². The smallest absolute Gasteiger partial charge is 0.354 e. The van der Waals surface area contributed by atoms with Gasteiger partial charge in [0.25, 0.3) is 5.91 Å². The molecule has 0 saturated carbocycles. The molecule has 8 heteroatoms. The maximum Gasteiger partial charge on any atom is 0.417 e. The van der Waals surface area contributed by atoms with Gasteiger partial charge in [0.15, 0.2) is 0 Å². The minimum Gasteiger partial charge on any atom is -0.354 e. The topological polar surface area (TPSA) is 54.0 Å². The van der Waals surface area contributed by atoms with Crippen molar-refractivity contribution in [3.8, 4) is 0 Å². The van der Waals surface area contributed by atoms with Crippen LogP contribution in [-0.4, -0.2) is 16.4 Å². The number of hydrogen-bond donors (Lipinski definition) is 2.